The fraction of sp³-hybridized carbons (Fsp3) is 0.190. The molecule has 0 spiro atoms. The van der Waals surface area contributed by atoms with Gasteiger partial charge in [-0.15, -0.1) is 0 Å². The highest BCUT2D eigenvalue weighted by atomic mass is 32.2. The Morgan fingerprint density at radius 3 is 2.48 bits per heavy atom. The molecule has 0 unspecified atom stereocenters. The van der Waals surface area contributed by atoms with Crippen molar-refractivity contribution in [3.05, 3.63) is 81.8 Å². The summed E-state index contributed by atoms with van der Waals surface area (Å²) < 4.78 is 64.0. The van der Waals surface area contributed by atoms with Crippen LogP contribution in [0.3, 0.4) is 0 Å². The Bertz CT molecular complexity index is 1320. The number of amides is 1. The van der Waals surface area contributed by atoms with Gasteiger partial charge in [-0.3, -0.25) is 9.59 Å². The second kappa shape index (κ2) is 9.79. The van der Waals surface area contributed by atoms with E-state index in [-0.39, 0.29) is 16.8 Å². The number of rotatable bonds is 7. The van der Waals surface area contributed by atoms with Gasteiger partial charge in [-0.1, -0.05) is 47.7 Å². The van der Waals surface area contributed by atoms with Crippen molar-refractivity contribution in [2.24, 2.45) is 0 Å². The zero-order valence-electron chi connectivity index (χ0n) is 17.1. The molecule has 0 radical (unpaired) electrons. The molecule has 1 heterocycles. The molecule has 3 rings (SSSR count). The topological polar surface area (TPSA) is 109 Å². The van der Waals surface area contributed by atoms with E-state index in [1.165, 1.54) is 0 Å². The second-order valence-corrected chi connectivity index (χ2v) is 9.84. The maximum absolute atomic E-state index is 12.9. The van der Waals surface area contributed by atoms with Crippen molar-refractivity contribution in [3.63, 3.8) is 0 Å². The first-order valence-corrected chi connectivity index (χ1v) is 11.9. The number of hydrogen-bond donors (Lipinski definition) is 2. The molecule has 1 aromatic heterocycles. The van der Waals surface area contributed by atoms with Crippen LogP contribution in [0.2, 0.25) is 0 Å². The number of benzene rings is 2. The lowest BCUT2D eigenvalue weighted by Crippen LogP contribution is -2.25. The molecule has 0 saturated heterocycles. The summed E-state index contributed by atoms with van der Waals surface area (Å²) >= 11 is 0.879. The average Bonchev–Trinajstić information content (AvgIpc) is 2.76. The van der Waals surface area contributed by atoms with Gasteiger partial charge in [0.05, 0.1) is 22.4 Å². The Balaban J connectivity index is 1.67. The summed E-state index contributed by atoms with van der Waals surface area (Å²) in [5, 5.41) is 2.70. The Kier molecular flexibility index (Phi) is 7.28. The molecule has 0 aliphatic carbocycles. The SMILES string of the molecule is Cc1ccc(CNC(=O)CSc2ncc(S(=O)(=O)c3cccc(C(F)(F)F)c3)c(=O)[nH]2)cc1. The van der Waals surface area contributed by atoms with Crippen molar-refractivity contribution in [2.75, 3.05) is 5.75 Å². The maximum Gasteiger partial charge on any atom is 0.416 e. The van der Waals surface area contributed by atoms with Crippen molar-refractivity contribution in [1.29, 1.82) is 0 Å². The number of nitrogens with zero attached hydrogens (tertiary/aromatic N) is 1. The molecule has 0 fully saturated rings. The predicted molar refractivity (Wildman–Crippen MR) is 116 cm³/mol. The molecule has 2 aromatic carbocycles. The van der Waals surface area contributed by atoms with Crippen LogP contribution in [-0.4, -0.2) is 30.0 Å². The van der Waals surface area contributed by atoms with E-state index in [4.69, 9.17) is 0 Å². The summed E-state index contributed by atoms with van der Waals surface area (Å²) in [5.74, 6) is -0.418. The Labute approximate surface area is 191 Å². The van der Waals surface area contributed by atoms with E-state index in [0.717, 1.165) is 47.3 Å². The van der Waals surface area contributed by atoms with Gasteiger partial charge in [0.1, 0.15) is 0 Å². The highest BCUT2D eigenvalue weighted by molar-refractivity contribution is 7.99. The quantitative estimate of drug-likeness (QED) is 0.383. The van der Waals surface area contributed by atoms with Crippen molar-refractivity contribution in [3.8, 4) is 0 Å². The number of carbonyl (C=O) groups is 1. The van der Waals surface area contributed by atoms with Crippen LogP contribution in [-0.2, 0) is 27.4 Å². The minimum absolute atomic E-state index is 0.00604. The molecule has 3 aromatic rings. The number of halogens is 3. The molecule has 1 amide bonds. The number of H-pyrrole nitrogens is 1. The molecule has 12 heteroatoms. The summed E-state index contributed by atoms with van der Waals surface area (Å²) in [4.78, 5) is 28.9. The zero-order chi connectivity index (χ0) is 24.2. The van der Waals surface area contributed by atoms with Crippen LogP contribution < -0.4 is 10.9 Å². The monoisotopic (exact) mass is 497 g/mol. The minimum Gasteiger partial charge on any atom is -0.351 e. The molecule has 2 N–H and O–H groups in total. The highest BCUT2D eigenvalue weighted by Gasteiger charge is 2.32. The number of aromatic nitrogens is 2. The van der Waals surface area contributed by atoms with Crippen molar-refractivity contribution >= 4 is 27.5 Å². The van der Waals surface area contributed by atoms with E-state index in [2.05, 4.69) is 15.3 Å². The van der Waals surface area contributed by atoms with Crippen molar-refractivity contribution in [2.45, 2.75) is 34.6 Å². The fourth-order valence-electron chi connectivity index (χ4n) is 2.69. The van der Waals surface area contributed by atoms with E-state index < -0.39 is 36.9 Å². The van der Waals surface area contributed by atoms with Crippen LogP contribution in [0, 0.1) is 6.92 Å². The molecule has 174 valence electrons. The summed E-state index contributed by atoms with van der Waals surface area (Å²) in [7, 11) is -4.54. The van der Waals surface area contributed by atoms with Gasteiger partial charge in [-0.2, -0.15) is 13.2 Å². The molecule has 0 saturated carbocycles. The third-order valence-corrected chi connectivity index (χ3v) is 7.09. The molecular weight excluding hydrogens is 479 g/mol. The van der Waals surface area contributed by atoms with Crippen LogP contribution in [0.15, 0.2) is 74.5 Å². The van der Waals surface area contributed by atoms with E-state index in [1.807, 2.05) is 31.2 Å². The van der Waals surface area contributed by atoms with Gasteiger partial charge in [0.15, 0.2) is 10.1 Å². The first kappa shape index (κ1) is 24.5. The van der Waals surface area contributed by atoms with Crippen LogP contribution in [0.4, 0.5) is 13.2 Å². The van der Waals surface area contributed by atoms with Crippen molar-refractivity contribution < 1.29 is 26.4 Å². The number of alkyl halides is 3. The van der Waals surface area contributed by atoms with E-state index >= 15 is 0 Å². The molecule has 0 aliphatic rings. The van der Waals surface area contributed by atoms with Gasteiger partial charge in [-0.25, -0.2) is 13.4 Å². The number of sulfone groups is 1. The van der Waals surface area contributed by atoms with E-state index in [9.17, 15) is 31.2 Å². The van der Waals surface area contributed by atoms with E-state index in [0.29, 0.717) is 12.6 Å². The molecule has 0 atom stereocenters. The standard InChI is InChI=1S/C21H18F3N3O4S2/c1-13-5-7-14(8-6-13)10-25-18(28)12-32-20-26-11-17(19(29)27-20)33(30,31)16-4-2-3-15(9-16)21(22,23)24/h2-9,11H,10,12H2,1H3,(H,25,28)(H,26,27,29). The number of aromatic amines is 1. The van der Waals surface area contributed by atoms with Gasteiger partial charge in [-0.05, 0) is 30.7 Å². The lowest BCUT2D eigenvalue weighted by atomic mass is 10.1. The lowest BCUT2D eigenvalue weighted by Gasteiger charge is -2.09. The fourth-order valence-corrected chi connectivity index (χ4v) is 4.63. The Morgan fingerprint density at radius 2 is 1.85 bits per heavy atom. The minimum atomic E-state index is -4.74. The van der Waals surface area contributed by atoms with Gasteiger partial charge in [0.2, 0.25) is 15.7 Å². The third-order valence-electron chi connectivity index (χ3n) is 4.45. The maximum atomic E-state index is 12.9. The number of thioether (sulfide) groups is 1. The average molecular weight is 498 g/mol. The highest BCUT2D eigenvalue weighted by Crippen LogP contribution is 2.31. The normalized spacial score (nSPS) is 11.9. The summed E-state index contributed by atoms with van der Waals surface area (Å²) in [6.45, 7) is 2.26. The third kappa shape index (κ3) is 6.23. The van der Waals surface area contributed by atoms with Gasteiger partial charge in [0.25, 0.3) is 5.56 Å². The number of carbonyl (C=O) groups excluding carboxylic acids is 1. The number of nitrogens with one attached hydrogen (secondary N) is 2. The molecular formula is C21H18F3N3O4S2. The van der Waals surface area contributed by atoms with Gasteiger partial charge < -0.3 is 10.3 Å². The molecule has 0 aliphatic heterocycles. The first-order valence-electron chi connectivity index (χ1n) is 9.43. The summed E-state index contributed by atoms with van der Waals surface area (Å²) in [5.41, 5.74) is -0.203. The smallest absolute Gasteiger partial charge is 0.351 e. The van der Waals surface area contributed by atoms with Crippen LogP contribution in [0.5, 0.6) is 0 Å². The predicted octanol–water partition coefficient (Wildman–Crippen LogP) is 3.34. The molecule has 7 nitrogen and oxygen atoms in total. The lowest BCUT2D eigenvalue weighted by molar-refractivity contribution is -0.137. The molecule has 0 bridgehead atoms. The van der Waals surface area contributed by atoms with Crippen LogP contribution in [0.1, 0.15) is 16.7 Å². The Hall–Kier alpha value is -3.12. The van der Waals surface area contributed by atoms with Gasteiger partial charge in [0, 0.05) is 6.54 Å². The number of hydrogen-bond acceptors (Lipinski definition) is 6. The second-order valence-electron chi connectivity index (χ2n) is 6.96. The number of aryl methyl sites for hydroxylation is 1. The Morgan fingerprint density at radius 1 is 1.15 bits per heavy atom. The van der Waals surface area contributed by atoms with E-state index in [1.54, 1.807) is 0 Å². The van der Waals surface area contributed by atoms with Gasteiger partial charge >= 0.3 is 6.18 Å². The largest absolute Gasteiger partial charge is 0.416 e. The van der Waals surface area contributed by atoms with Crippen molar-refractivity contribution in [1.82, 2.24) is 15.3 Å². The summed E-state index contributed by atoms with van der Waals surface area (Å²) in [6, 6.07) is 10.7. The van der Waals surface area contributed by atoms with Crippen LogP contribution >= 0.6 is 11.8 Å². The zero-order valence-corrected chi connectivity index (χ0v) is 18.8. The first-order chi connectivity index (χ1) is 15.5. The summed E-state index contributed by atoms with van der Waals surface area (Å²) in [6.07, 6.45) is -3.97. The molecule has 33 heavy (non-hydrogen) atoms. The van der Waals surface area contributed by atoms with Crippen LogP contribution in [0.25, 0.3) is 0 Å².